The molecule has 0 unspecified atom stereocenters. The van der Waals surface area contributed by atoms with Crippen LogP contribution in [0.2, 0.25) is 0 Å². The standard InChI is InChI=1S/C28H46O/c1-4-7-9-23-12-16-25(17-13-23)28-21-26(29-20-6-3)18-19-27(28)24-14-10-22(8-5-2)11-15-24/h18-19,21-25H,4-17,20H2,1-3H3. The largest absolute Gasteiger partial charge is 0.494 e. The van der Waals surface area contributed by atoms with Crippen LogP contribution < -0.4 is 4.74 Å². The summed E-state index contributed by atoms with van der Waals surface area (Å²) in [5.74, 6) is 4.63. The van der Waals surface area contributed by atoms with Gasteiger partial charge in [-0.15, -0.1) is 0 Å². The van der Waals surface area contributed by atoms with Gasteiger partial charge in [-0.05, 0) is 105 Å². The van der Waals surface area contributed by atoms with Crippen molar-refractivity contribution in [2.75, 3.05) is 6.61 Å². The van der Waals surface area contributed by atoms with Crippen molar-refractivity contribution in [1.82, 2.24) is 0 Å². The van der Waals surface area contributed by atoms with Gasteiger partial charge in [-0.1, -0.05) is 58.9 Å². The summed E-state index contributed by atoms with van der Waals surface area (Å²) in [5.41, 5.74) is 3.34. The fourth-order valence-corrected chi connectivity index (χ4v) is 6.01. The van der Waals surface area contributed by atoms with Crippen LogP contribution >= 0.6 is 0 Å². The first-order valence-electron chi connectivity index (χ1n) is 13.0. The van der Waals surface area contributed by atoms with Crippen LogP contribution in [0.1, 0.15) is 134 Å². The summed E-state index contributed by atoms with van der Waals surface area (Å²) in [5, 5.41) is 0. The predicted molar refractivity (Wildman–Crippen MR) is 126 cm³/mol. The summed E-state index contributed by atoms with van der Waals surface area (Å²) in [7, 11) is 0. The summed E-state index contributed by atoms with van der Waals surface area (Å²) in [6, 6.07) is 7.16. The summed E-state index contributed by atoms with van der Waals surface area (Å²) >= 11 is 0. The topological polar surface area (TPSA) is 9.23 Å². The Morgan fingerprint density at radius 2 is 1.31 bits per heavy atom. The Bertz CT molecular complexity index is 576. The van der Waals surface area contributed by atoms with E-state index < -0.39 is 0 Å². The molecule has 0 aromatic heterocycles. The molecule has 0 bridgehead atoms. The summed E-state index contributed by atoms with van der Waals surface area (Å²) < 4.78 is 6.05. The third kappa shape index (κ3) is 6.50. The maximum atomic E-state index is 6.05. The van der Waals surface area contributed by atoms with Crippen LogP contribution in [0.25, 0.3) is 0 Å². The van der Waals surface area contributed by atoms with Crippen molar-refractivity contribution in [3.05, 3.63) is 29.3 Å². The van der Waals surface area contributed by atoms with E-state index in [9.17, 15) is 0 Å². The Morgan fingerprint density at radius 3 is 1.90 bits per heavy atom. The number of hydrogen-bond donors (Lipinski definition) is 0. The third-order valence-electron chi connectivity index (χ3n) is 7.77. The van der Waals surface area contributed by atoms with Gasteiger partial charge in [-0.3, -0.25) is 0 Å². The lowest BCUT2D eigenvalue weighted by Crippen LogP contribution is -2.18. The van der Waals surface area contributed by atoms with Crippen LogP contribution in [-0.2, 0) is 0 Å². The Labute approximate surface area is 181 Å². The van der Waals surface area contributed by atoms with Gasteiger partial charge in [0, 0.05) is 0 Å². The summed E-state index contributed by atoms with van der Waals surface area (Å²) in [6.45, 7) is 7.71. The van der Waals surface area contributed by atoms with E-state index in [0.717, 1.165) is 42.4 Å². The smallest absolute Gasteiger partial charge is 0.119 e. The molecule has 0 amide bonds. The minimum Gasteiger partial charge on any atom is -0.494 e. The van der Waals surface area contributed by atoms with Crippen molar-refractivity contribution in [1.29, 1.82) is 0 Å². The molecule has 0 atom stereocenters. The molecule has 1 heteroatoms. The second-order valence-corrected chi connectivity index (χ2v) is 10.0. The SMILES string of the molecule is CCCCC1CCC(c2cc(OCCC)ccc2C2CCC(CCC)CC2)CC1. The molecule has 0 aliphatic heterocycles. The number of unbranched alkanes of at least 4 members (excludes halogenated alkanes) is 1. The molecule has 1 aromatic carbocycles. The molecule has 164 valence electrons. The molecular formula is C28H46O. The van der Waals surface area contributed by atoms with Crippen LogP contribution in [0.3, 0.4) is 0 Å². The normalized spacial score (nSPS) is 27.7. The molecular weight excluding hydrogens is 352 g/mol. The molecule has 0 heterocycles. The minimum atomic E-state index is 0.765. The van der Waals surface area contributed by atoms with E-state index in [-0.39, 0.29) is 0 Å². The van der Waals surface area contributed by atoms with E-state index in [1.165, 1.54) is 83.5 Å². The van der Waals surface area contributed by atoms with E-state index in [1.807, 2.05) is 0 Å². The number of benzene rings is 1. The second kappa shape index (κ2) is 12.0. The van der Waals surface area contributed by atoms with Crippen molar-refractivity contribution in [3.63, 3.8) is 0 Å². The first-order chi connectivity index (χ1) is 14.2. The molecule has 2 aliphatic carbocycles. The van der Waals surface area contributed by atoms with Crippen LogP contribution in [0, 0.1) is 11.8 Å². The molecule has 1 nitrogen and oxygen atoms in total. The van der Waals surface area contributed by atoms with Crippen molar-refractivity contribution in [3.8, 4) is 5.75 Å². The Morgan fingerprint density at radius 1 is 0.690 bits per heavy atom. The monoisotopic (exact) mass is 398 g/mol. The van der Waals surface area contributed by atoms with Gasteiger partial charge in [0.2, 0.25) is 0 Å². The zero-order chi connectivity index (χ0) is 20.5. The van der Waals surface area contributed by atoms with E-state index in [0.29, 0.717) is 0 Å². The zero-order valence-corrected chi connectivity index (χ0v) is 19.6. The summed E-state index contributed by atoms with van der Waals surface area (Å²) in [6.07, 6.45) is 19.4. The lowest BCUT2D eigenvalue weighted by molar-refractivity contribution is 0.291. The van der Waals surface area contributed by atoms with E-state index in [1.54, 1.807) is 11.1 Å². The molecule has 0 spiro atoms. The number of rotatable bonds is 10. The highest BCUT2D eigenvalue weighted by Crippen LogP contribution is 2.45. The first kappa shape index (κ1) is 22.7. The van der Waals surface area contributed by atoms with Crippen LogP contribution in [-0.4, -0.2) is 6.61 Å². The Kier molecular flexibility index (Phi) is 9.40. The highest BCUT2D eigenvalue weighted by atomic mass is 16.5. The molecule has 0 saturated heterocycles. The third-order valence-corrected chi connectivity index (χ3v) is 7.77. The lowest BCUT2D eigenvalue weighted by atomic mass is 9.71. The van der Waals surface area contributed by atoms with Gasteiger partial charge in [-0.25, -0.2) is 0 Å². The zero-order valence-electron chi connectivity index (χ0n) is 19.6. The molecule has 1 aromatic rings. The lowest BCUT2D eigenvalue weighted by Gasteiger charge is -2.34. The van der Waals surface area contributed by atoms with Crippen LogP contribution in [0.5, 0.6) is 5.75 Å². The predicted octanol–water partition coefficient (Wildman–Crippen LogP) is 9.01. The molecule has 2 saturated carbocycles. The van der Waals surface area contributed by atoms with Crippen LogP contribution in [0.15, 0.2) is 18.2 Å². The van der Waals surface area contributed by atoms with Gasteiger partial charge >= 0.3 is 0 Å². The van der Waals surface area contributed by atoms with Crippen LogP contribution in [0.4, 0.5) is 0 Å². The summed E-state index contributed by atoms with van der Waals surface area (Å²) in [4.78, 5) is 0. The average Bonchev–Trinajstić information content (AvgIpc) is 2.77. The maximum absolute atomic E-state index is 6.05. The fourth-order valence-electron chi connectivity index (χ4n) is 6.01. The minimum absolute atomic E-state index is 0.765. The van der Waals surface area contributed by atoms with E-state index in [4.69, 9.17) is 4.74 Å². The number of hydrogen-bond acceptors (Lipinski definition) is 1. The van der Waals surface area contributed by atoms with Crippen molar-refractivity contribution in [2.24, 2.45) is 11.8 Å². The molecule has 0 radical (unpaired) electrons. The Balaban J connectivity index is 1.71. The van der Waals surface area contributed by atoms with Gasteiger partial charge in [0.1, 0.15) is 5.75 Å². The Hall–Kier alpha value is -0.980. The quantitative estimate of drug-likeness (QED) is 0.382. The molecule has 3 rings (SSSR count). The van der Waals surface area contributed by atoms with Crippen molar-refractivity contribution < 1.29 is 4.74 Å². The first-order valence-corrected chi connectivity index (χ1v) is 13.0. The van der Waals surface area contributed by atoms with Crippen molar-refractivity contribution in [2.45, 2.75) is 122 Å². The van der Waals surface area contributed by atoms with E-state index >= 15 is 0 Å². The molecule has 2 aliphatic rings. The van der Waals surface area contributed by atoms with Gasteiger partial charge in [0.25, 0.3) is 0 Å². The average molecular weight is 399 g/mol. The van der Waals surface area contributed by atoms with Gasteiger partial charge in [0.15, 0.2) is 0 Å². The fraction of sp³-hybridized carbons (Fsp3) is 0.786. The van der Waals surface area contributed by atoms with Gasteiger partial charge < -0.3 is 4.74 Å². The highest BCUT2D eigenvalue weighted by Gasteiger charge is 2.28. The number of ether oxygens (including phenoxy) is 1. The van der Waals surface area contributed by atoms with E-state index in [2.05, 4.69) is 39.0 Å². The molecule has 29 heavy (non-hydrogen) atoms. The van der Waals surface area contributed by atoms with Gasteiger partial charge in [0.05, 0.1) is 6.61 Å². The molecule has 0 N–H and O–H groups in total. The van der Waals surface area contributed by atoms with Gasteiger partial charge in [-0.2, -0.15) is 0 Å². The highest BCUT2D eigenvalue weighted by molar-refractivity contribution is 5.40. The molecule has 2 fully saturated rings. The second-order valence-electron chi connectivity index (χ2n) is 10.0. The maximum Gasteiger partial charge on any atom is 0.119 e. The van der Waals surface area contributed by atoms with Crippen molar-refractivity contribution >= 4 is 0 Å².